The van der Waals surface area contributed by atoms with E-state index in [1.807, 2.05) is 13.0 Å². The number of rotatable bonds is 5. The molecule has 1 N–H and O–H groups in total. The van der Waals surface area contributed by atoms with Crippen molar-refractivity contribution >= 4 is 11.6 Å². The number of carbonyl (C=O) groups is 1. The number of anilines is 1. The third kappa shape index (κ3) is 5.38. The van der Waals surface area contributed by atoms with Crippen LogP contribution in [0.4, 0.5) is 10.1 Å². The Bertz CT molecular complexity index is 735. The van der Waals surface area contributed by atoms with Crippen molar-refractivity contribution in [2.75, 3.05) is 38.0 Å². The second-order valence-electron chi connectivity index (χ2n) is 6.90. The third-order valence-electron chi connectivity index (χ3n) is 4.77. The number of nitrogens with one attached hydrogen (secondary N) is 1. The lowest BCUT2D eigenvalue weighted by molar-refractivity contribution is -0.117. The van der Waals surface area contributed by atoms with E-state index in [0.29, 0.717) is 12.2 Å². The third-order valence-corrected chi connectivity index (χ3v) is 4.77. The van der Waals surface area contributed by atoms with Crippen molar-refractivity contribution in [3.63, 3.8) is 0 Å². The summed E-state index contributed by atoms with van der Waals surface area (Å²) in [4.78, 5) is 17.0. The fourth-order valence-corrected chi connectivity index (χ4v) is 3.30. The standard InChI is InChI=1S/C21H26FN3O/c1-17-8-9-19(22)14-20(17)23-21(26)16-25-11-5-10-24(12-13-25)15-18-6-3-2-4-7-18/h2-4,6-9,14H,5,10-13,15-16H2,1H3,(H,23,26). The highest BCUT2D eigenvalue weighted by molar-refractivity contribution is 5.92. The number of carbonyl (C=O) groups excluding carboxylic acids is 1. The largest absolute Gasteiger partial charge is 0.325 e. The Morgan fingerprint density at radius 2 is 1.77 bits per heavy atom. The van der Waals surface area contributed by atoms with E-state index in [2.05, 4.69) is 39.4 Å². The van der Waals surface area contributed by atoms with Crippen molar-refractivity contribution in [3.8, 4) is 0 Å². The van der Waals surface area contributed by atoms with Gasteiger partial charge in [0.15, 0.2) is 0 Å². The summed E-state index contributed by atoms with van der Waals surface area (Å²) in [6.45, 7) is 6.90. The first-order chi connectivity index (χ1) is 12.6. The number of aryl methyl sites for hydroxylation is 1. The predicted octanol–water partition coefficient (Wildman–Crippen LogP) is 3.28. The molecule has 1 aliphatic heterocycles. The molecule has 0 atom stereocenters. The molecule has 1 fully saturated rings. The quantitative estimate of drug-likeness (QED) is 0.894. The number of hydrogen-bond donors (Lipinski definition) is 1. The molecule has 1 aliphatic rings. The van der Waals surface area contributed by atoms with Crippen LogP contribution in [0.3, 0.4) is 0 Å². The van der Waals surface area contributed by atoms with Crippen LogP contribution in [0.25, 0.3) is 0 Å². The van der Waals surface area contributed by atoms with Gasteiger partial charge in [-0.05, 0) is 49.7 Å². The lowest BCUT2D eigenvalue weighted by Gasteiger charge is -2.21. The lowest BCUT2D eigenvalue weighted by Crippen LogP contribution is -2.36. The van der Waals surface area contributed by atoms with Crippen LogP contribution in [0.2, 0.25) is 0 Å². The Morgan fingerprint density at radius 3 is 2.58 bits per heavy atom. The fourth-order valence-electron chi connectivity index (χ4n) is 3.30. The van der Waals surface area contributed by atoms with E-state index < -0.39 is 0 Å². The molecule has 0 aliphatic carbocycles. The Morgan fingerprint density at radius 1 is 1.04 bits per heavy atom. The van der Waals surface area contributed by atoms with Gasteiger partial charge in [0.05, 0.1) is 6.54 Å². The van der Waals surface area contributed by atoms with Crippen LogP contribution >= 0.6 is 0 Å². The molecule has 0 unspecified atom stereocenters. The van der Waals surface area contributed by atoms with Gasteiger partial charge in [0.2, 0.25) is 5.91 Å². The molecule has 2 aromatic rings. The summed E-state index contributed by atoms with van der Waals surface area (Å²) in [7, 11) is 0. The molecule has 1 saturated heterocycles. The highest BCUT2D eigenvalue weighted by atomic mass is 19.1. The van der Waals surface area contributed by atoms with E-state index in [4.69, 9.17) is 0 Å². The van der Waals surface area contributed by atoms with E-state index in [0.717, 1.165) is 44.7 Å². The summed E-state index contributed by atoms with van der Waals surface area (Å²) in [5.74, 6) is -0.424. The van der Waals surface area contributed by atoms with Gasteiger partial charge in [-0.2, -0.15) is 0 Å². The minimum absolute atomic E-state index is 0.0878. The van der Waals surface area contributed by atoms with Crippen molar-refractivity contribution in [3.05, 3.63) is 65.5 Å². The molecular weight excluding hydrogens is 329 g/mol. The fraction of sp³-hybridized carbons (Fsp3) is 0.381. The summed E-state index contributed by atoms with van der Waals surface area (Å²) in [5, 5.41) is 2.84. The second kappa shape index (κ2) is 8.92. The van der Waals surface area contributed by atoms with Gasteiger partial charge in [-0.25, -0.2) is 4.39 Å². The Labute approximate surface area is 154 Å². The molecule has 2 aromatic carbocycles. The van der Waals surface area contributed by atoms with Crippen molar-refractivity contribution < 1.29 is 9.18 Å². The summed E-state index contributed by atoms with van der Waals surface area (Å²) >= 11 is 0. The number of halogens is 1. The van der Waals surface area contributed by atoms with E-state index >= 15 is 0 Å². The van der Waals surface area contributed by atoms with Gasteiger partial charge < -0.3 is 5.32 Å². The molecule has 0 radical (unpaired) electrons. The van der Waals surface area contributed by atoms with Crippen LogP contribution in [-0.4, -0.2) is 48.4 Å². The SMILES string of the molecule is Cc1ccc(F)cc1NC(=O)CN1CCCN(Cc2ccccc2)CC1. The molecule has 3 rings (SSSR count). The van der Waals surface area contributed by atoms with E-state index in [9.17, 15) is 9.18 Å². The molecule has 5 heteroatoms. The molecule has 1 amide bonds. The van der Waals surface area contributed by atoms with E-state index in [-0.39, 0.29) is 11.7 Å². The summed E-state index contributed by atoms with van der Waals surface area (Å²) < 4.78 is 13.4. The van der Waals surface area contributed by atoms with E-state index in [1.54, 1.807) is 6.07 Å². The van der Waals surface area contributed by atoms with Gasteiger partial charge in [0.25, 0.3) is 0 Å². The minimum Gasteiger partial charge on any atom is -0.325 e. The average Bonchev–Trinajstić information content (AvgIpc) is 2.84. The second-order valence-corrected chi connectivity index (χ2v) is 6.90. The van der Waals surface area contributed by atoms with Crippen molar-refractivity contribution in [1.29, 1.82) is 0 Å². The summed E-state index contributed by atoms with van der Waals surface area (Å²) in [6.07, 6.45) is 1.04. The van der Waals surface area contributed by atoms with Crippen LogP contribution in [0.15, 0.2) is 48.5 Å². The smallest absolute Gasteiger partial charge is 0.238 e. The van der Waals surface area contributed by atoms with Gasteiger partial charge in [-0.3, -0.25) is 14.6 Å². The lowest BCUT2D eigenvalue weighted by atomic mass is 10.2. The van der Waals surface area contributed by atoms with E-state index in [1.165, 1.54) is 17.7 Å². The number of hydrogen-bond acceptors (Lipinski definition) is 3. The zero-order valence-electron chi connectivity index (χ0n) is 15.2. The maximum atomic E-state index is 13.4. The Balaban J connectivity index is 1.49. The van der Waals surface area contributed by atoms with Crippen molar-refractivity contribution in [2.24, 2.45) is 0 Å². The molecule has 0 aromatic heterocycles. The van der Waals surface area contributed by atoms with Gasteiger partial charge in [-0.1, -0.05) is 36.4 Å². The Hall–Kier alpha value is -2.24. The van der Waals surface area contributed by atoms with Gasteiger partial charge >= 0.3 is 0 Å². The maximum Gasteiger partial charge on any atom is 0.238 e. The van der Waals surface area contributed by atoms with Crippen molar-refractivity contribution in [1.82, 2.24) is 9.80 Å². The monoisotopic (exact) mass is 355 g/mol. The number of amides is 1. The Kier molecular flexibility index (Phi) is 6.36. The van der Waals surface area contributed by atoms with Crippen LogP contribution in [0.5, 0.6) is 0 Å². The number of nitrogens with zero attached hydrogens (tertiary/aromatic N) is 2. The zero-order chi connectivity index (χ0) is 18.4. The minimum atomic E-state index is -0.336. The highest BCUT2D eigenvalue weighted by Gasteiger charge is 2.17. The molecule has 1 heterocycles. The maximum absolute atomic E-state index is 13.4. The van der Waals surface area contributed by atoms with Gasteiger partial charge in [-0.15, -0.1) is 0 Å². The number of benzene rings is 2. The van der Waals surface area contributed by atoms with Crippen LogP contribution in [0.1, 0.15) is 17.5 Å². The van der Waals surface area contributed by atoms with Crippen LogP contribution < -0.4 is 5.32 Å². The van der Waals surface area contributed by atoms with Crippen molar-refractivity contribution in [2.45, 2.75) is 19.9 Å². The summed E-state index contributed by atoms with van der Waals surface area (Å²) in [5.41, 5.74) is 2.74. The first kappa shape index (κ1) is 18.5. The average molecular weight is 355 g/mol. The molecule has 26 heavy (non-hydrogen) atoms. The van der Waals surface area contributed by atoms with Crippen LogP contribution in [-0.2, 0) is 11.3 Å². The van der Waals surface area contributed by atoms with Crippen LogP contribution in [0, 0.1) is 12.7 Å². The molecule has 4 nitrogen and oxygen atoms in total. The zero-order valence-corrected chi connectivity index (χ0v) is 15.2. The highest BCUT2D eigenvalue weighted by Crippen LogP contribution is 2.16. The summed E-state index contributed by atoms with van der Waals surface area (Å²) in [6, 6.07) is 14.9. The molecular formula is C21H26FN3O. The normalized spacial score (nSPS) is 16.2. The molecule has 0 bridgehead atoms. The first-order valence-electron chi connectivity index (χ1n) is 9.15. The topological polar surface area (TPSA) is 35.6 Å². The molecule has 0 spiro atoms. The first-order valence-corrected chi connectivity index (χ1v) is 9.15. The molecule has 0 saturated carbocycles. The predicted molar refractivity (Wildman–Crippen MR) is 103 cm³/mol. The van der Waals surface area contributed by atoms with Gasteiger partial charge in [0, 0.05) is 25.3 Å². The molecule has 138 valence electrons. The van der Waals surface area contributed by atoms with Gasteiger partial charge in [0.1, 0.15) is 5.82 Å².